The summed E-state index contributed by atoms with van der Waals surface area (Å²) in [6.45, 7) is 7.07. The molecule has 3 aromatic carbocycles. The normalized spacial score (nSPS) is 14.8. The highest BCUT2D eigenvalue weighted by atomic mass is 35.5. The Morgan fingerprint density at radius 3 is 2.39 bits per heavy atom. The van der Waals surface area contributed by atoms with Crippen LogP contribution >= 0.6 is 11.6 Å². The molecule has 1 aliphatic heterocycles. The molecule has 0 bridgehead atoms. The second kappa shape index (κ2) is 11.0. The summed E-state index contributed by atoms with van der Waals surface area (Å²) in [5.41, 5.74) is 4.21. The third-order valence-corrected chi connectivity index (χ3v) is 7.59. The summed E-state index contributed by atoms with van der Waals surface area (Å²) in [5.74, 6) is 0.568. The molecular weight excluding hydrogens is 498 g/mol. The molecule has 0 radical (unpaired) electrons. The van der Waals surface area contributed by atoms with Gasteiger partial charge >= 0.3 is 0 Å². The third kappa shape index (κ3) is 5.08. The van der Waals surface area contributed by atoms with Crippen LogP contribution in [0.1, 0.15) is 77.0 Å². The molecule has 6 heteroatoms. The number of hydrogen-bond acceptors (Lipinski definition) is 4. The lowest BCUT2D eigenvalue weighted by Gasteiger charge is -2.25. The molecular formula is C32H32ClNO4. The first-order valence-electron chi connectivity index (χ1n) is 13.2. The van der Waals surface area contributed by atoms with Crippen molar-refractivity contribution in [3.63, 3.8) is 0 Å². The number of unbranched alkanes of at least 4 members (excludes halogenated alkanes) is 3. The first-order valence-corrected chi connectivity index (χ1v) is 13.6. The van der Waals surface area contributed by atoms with Gasteiger partial charge in [0.05, 0.1) is 23.6 Å². The van der Waals surface area contributed by atoms with Crippen LogP contribution in [0.15, 0.2) is 69.9 Å². The van der Waals surface area contributed by atoms with Gasteiger partial charge in [0.2, 0.25) is 5.76 Å². The van der Waals surface area contributed by atoms with Gasteiger partial charge in [-0.25, -0.2) is 0 Å². The highest BCUT2D eigenvalue weighted by molar-refractivity contribution is 6.32. The van der Waals surface area contributed by atoms with Crippen molar-refractivity contribution in [1.82, 2.24) is 4.90 Å². The Kier molecular flexibility index (Phi) is 7.57. The van der Waals surface area contributed by atoms with Gasteiger partial charge in [-0.2, -0.15) is 0 Å². The van der Waals surface area contributed by atoms with Crippen LogP contribution < -0.4 is 10.2 Å². The molecule has 1 amide bonds. The molecule has 38 heavy (non-hydrogen) atoms. The van der Waals surface area contributed by atoms with E-state index in [0.29, 0.717) is 34.7 Å². The molecule has 1 atom stereocenters. The topological polar surface area (TPSA) is 59.8 Å². The quantitative estimate of drug-likeness (QED) is 0.208. The fraction of sp³-hybridized carbons (Fsp3) is 0.312. The van der Waals surface area contributed by atoms with Crippen molar-refractivity contribution < 1.29 is 13.9 Å². The number of rotatable bonds is 9. The van der Waals surface area contributed by atoms with Crippen LogP contribution in [0.3, 0.4) is 0 Å². The molecule has 1 unspecified atom stereocenters. The number of halogens is 1. The molecule has 5 rings (SSSR count). The third-order valence-electron chi connectivity index (χ3n) is 7.18. The average Bonchev–Trinajstić information content (AvgIpc) is 3.18. The lowest BCUT2D eigenvalue weighted by molar-refractivity contribution is 0.0714. The lowest BCUT2D eigenvalue weighted by atomic mass is 9.98. The van der Waals surface area contributed by atoms with E-state index in [1.165, 1.54) is 12.8 Å². The fourth-order valence-electron chi connectivity index (χ4n) is 5.01. The first-order chi connectivity index (χ1) is 18.4. The van der Waals surface area contributed by atoms with Gasteiger partial charge in [-0.3, -0.25) is 9.59 Å². The molecule has 1 aliphatic rings. The van der Waals surface area contributed by atoms with E-state index in [4.69, 9.17) is 20.8 Å². The van der Waals surface area contributed by atoms with Gasteiger partial charge < -0.3 is 14.1 Å². The van der Waals surface area contributed by atoms with Gasteiger partial charge in [0.1, 0.15) is 11.3 Å². The monoisotopic (exact) mass is 529 g/mol. The number of carbonyl (C=O) groups is 1. The molecule has 0 saturated carbocycles. The highest BCUT2D eigenvalue weighted by Crippen LogP contribution is 2.40. The maximum Gasteiger partial charge on any atom is 0.291 e. The number of ether oxygens (including phenoxy) is 1. The van der Waals surface area contributed by atoms with Crippen molar-refractivity contribution in [2.75, 3.05) is 6.61 Å². The molecule has 0 fully saturated rings. The van der Waals surface area contributed by atoms with Crippen LogP contribution in [-0.2, 0) is 6.54 Å². The molecule has 1 aromatic heterocycles. The van der Waals surface area contributed by atoms with Crippen LogP contribution in [0.2, 0.25) is 5.02 Å². The SMILES string of the molecule is CCCCCCOc1ccc(C2c3c(oc4cc(C)c(Cl)cc4c3=O)C(=O)N2Cc2ccc(C)cc2)cc1. The van der Waals surface area contributed by atoms with Crippen LogP contribution in [-0.4, -0.2) is 17.4 Å². The van der Waals surface area contributed by atoms with Gasteiger partial charge in [-0.1, -0.05) is 79.7 Å². The summed E-state index contributed by atoms with van der Waals surface area (Å²) in [5, 5.41) is 0.865. The summed E-state index contributed by atoms with van der Waals surface area (Å²) in [6, 6.07) is 18.5. The minimum absolute atomic E-state index is 0.0950. The molecule has 0 saturated heterocycles. The summed E-state index contributed by atoms with van der Waals surface area (Å²) in [7, 11) is 0. The van der Waals surface area contributed by atoms with Gasteiger partial charge in [0, 0.05) is 11.6 Å². The zero-order chi connectivity index (χ0) is 26.8. The van der Waals surface area contributed by atoms with Crippen molar-refractivity contribution in [3.05, 3.63) is 109 Å². The number of aryl methyl sites for hydroxylation is 2. The van der Waals surface area contributed by atoms with E-state index >= 15 is 0 Å². The minimum atomic E-state index is -0.585. The lowest BCUT2D eigenvalue weighted by Crippen LogP contribution is -2.29. The van der Waals surface area contributed by atoms with Crippen molar-refractivity contribution in [2.45, 2.75) is 59.0 Å². The highest BCUT2D eigenvalue weighted by Gasteiger charge is 2.42. The summed E-state index contributed by atoms with van der Waals surface area (Å²) >= 11 is 6.36. The number of amides is 1. The van der Waals surface area contributed by atoms with Crippen molar-refractivity contribution in [2.24, 2.45) is 0 Å². The Morgan fingerprint density at radius 1 is 0.947 bits per heavy atom. The molecule has 196 valence electrons. The van der Waals surface area contributed by atoms with E-state index in [1.807, 2.05) is 62.4 Å². The van der Waals surface area contributed by atoms with Crippen molar-refractivity contribution >= 4 is 28.5 Å². The van der Waals surface area contributed by atoms with Crippen LogP contribution in [0.5, 0.6) is 5.75 Å². The Labute approximate surface area is 228 Å². The van der Waals surface area contributed by atoms with Gasteiger partial charge in [0.25, 0.3) is 5.91 Å². The van der Waals surface area contributed by atoms with E-state index < -0.39 is 6.04 Å². The second-order valence-corrected chi connectivity index (χ2v) is 10.5. The van der Waals surface area contributed by atoms with Crippen LogP contribution in [0.25, 0.3) is 11.0 Å². The maximum absolute atomic E-state index is 13.8. The summed E-state index contributed by atoms with van der Waals surface area (Å²) < 4.78 is 12.0. The molecule has 0 N–H and O–H groups in total. The predicted octanol–water partition coefficient (Wildman–Crippen LogP) is 7.77. The van der Waals surface area contributed by atoms with Crippen LogP contribution in [0.4, 0.5) is 0 Å². The van der Waals surface area contributed by atoms with E-state index in [-0.39, 0.29) is 17.1 Å². The van der Waals surface area contributed by atoms with Crippen molar-refractivity contribution in [3.8, 4) is 5.75 Å². The van der Waals surface area contributed by atoms with Gasteiger partial charge in [-0.15, -0.1) is 0 Å². The summed E-state index contributed by atoms with van der Waals surface area (Å²) in [4.78, 5) is 29.3. The largest absolute Gasteiger partial charge is 0.494 e. The predicted molar refractivity (Wildman–Crippen MR) is 151 cm³/mol. The van der Waals surface area contributed by atoms with E-state index in [2.05, 4.69) is 6.92 Å². The maximum atomic E-state index is 13.8. The molecule has 2 heterocycles. The number of hydrogen-bond donors (Lipinski definition) is 0. The Hall–Kier alpha value is -3.57. The Morgan fingerprint density at radius 2 is 1.68 bits per heavy atom. The number of nitrogens with zero attached hydrogens (tertiary/aromatic N) is 1. The van der Waals surface area contributed by atoms with E-state index in [1.54, 1.807) is 17.0 Å². The van der Waals surface area contributed by atoms with E-state index in [9.17, 15) is 9.59 Å². The standard InChI is InChI=1S/C32H32ClNO4/c1-4-5-6-7-16-37-24-14-12-23(13-15-24)29-28-30(35)25-18-26(33)21(3)17-27(25)38-31(28)32(36)34(29)19-22-10-8-20(2)9-11-22/h8-15,17-18,29H,4-7,16,19H2,1-3H3. The van der Waals surface area contributed by atoms with Crippen LogP contribution in [0, 0.1) is 13.8 Å². The second-order valence-electron chi connectivity index (χ2n) is 10.1. The number of benzene rings is 3. The molecule has 0 spiro atoms. The molecule has 4 aromatic rings. The molecule has 0 aliphatic carbocycles. The fourth-order valence-corrected chi connectivity index (χ4v) is 5.17. The number of fused-ring (bicyclic) bond motifs is 2. The zero-order valence-corrected chi connectivity index (χ0v) is 22.8. The first kappa shape index (κ1) is 26.1. The Bertz CT molecular complexity index is 1520. The Balaban J connectivity index is 1.54. The van der Waals surface area contributed by atoms with Crippen molar-refractivity contribution in [1.29, 1.82) is 0 Å². The van der Waals surface area contributed by atoms with Gasteiger partial charge in [-0.05, 0) is 61.2 Å². The minimum Gasteiger partial charge on any atom is -0.494 e. The zero-order valence-electron chi connectivity index (χ0n) is 22.1. The van der Waals surface area contributed by atoms with E-state index in [0.717, 1.165) is 40.8 Å². The summed E-state index contributed by atoms with van der Waals surface area (Å²) in [6.07, 6.45) is 4.55. The average molecular weight is 530 g/mol. The van der Waals surface area contributed by atoms with Gasteiger partial charge in [0.15, 0.2) is 5.43 Å². The molecule has 5 nitrogen and oxygen atoms in total. The smallest absolute Gasteiger partial charge is 0.291 e. The number of carbonyl (C=O) groups excluding carboxylic acids is 1.